The Morgan fingerprint density at radius 3 is 1.12 bits per heavy atom. The maximum atomic E-state index is 3.84. The number of rotatable bonds is 3. The molecule has 0 aromatic heterocycles. The highest BCUT2D eigenvalue weighted by molar-refractivity contribution is 6.90. The molecule has 0 aliphatic carbocycles. The Balaban J connectivity index is 2.09. The topological polar surface area (TPSA) is 0 Å². The summed E-state index contributed by atoms with van der Waals surface area (Å²) in [5, 5.41) is 0. The zero-order valence-corrected chi connectivity index (χ0v) is 22.2. The van der Waals surface area contributed by atoms with E-state index in [0.717, 1.165) is 27.8 Å². The SMILES string of the molecule is CC(C)[Si](C#Cc1cc(C#Cc2ccccc2)cc(C#Cc2ccccc2)c1)(C(C)C)C(C)C. The lowest BCUT2D eigenvalue weighted by Crippen LogP contribution is -2.43. The maximum Gasteiger partial charge on any atom is 0.146 e. The average molecular weight is 459 g/mol. The van der Waals surface area contributed by atoms with E-state index in [4.69, 9.17) is 0 Å². The van der Waals surface area contributed by atoms with E-state index in [2.05, 4.69) is 94.9 Å². The molecule has 0 aliphatic heterocycles. The first-order valence-electron chi connectivity index (χ1n) is 12.1. The second kappa shape index (κ2) is 11.6. The third kappa shape index (κ3) is 6.32. The van der Waals surface area contributed by atoms with E-state index in [1.165, 1.54) is 0 Å². The van der Waals surface area contributed by atoms with Crippen molar-refractivity contribution in [2.45, 2.75) is 58.2 Å². The first kappa shape index (κ1) is 25.2. The Bertz CT molecular complexity index is 1180. The lowest BCUT2D eigenvalue weighted by Gasteiger charge is -2.38. The molecule has 0 unspecified atom stereocenters. The van der Waals surface area contributed by atoms with Gasteiger partial charge in [0.05, 0.1) is 0 Å². The first-order chi connectivity index (χ1) is 16.3. The summed E-state index contributed by atoms with van der Waals surface area (Å²) >= 11 is 0. The van der Waals surface area contributed by atoms with E-state index in [1.54, 1.807) is 0 Å². The highest BCUT2D eigenvalue weighted by Gasteiger charge is 2.41. The molecule has 170 valence electrons. The highest BCUT2D eigenvalue weighted by atomic mass is 28.3. The van der Waals surface area contributed by atoms with Gasteiger partial charge in [-0.15, -0.1) is 5.54 Å². The van der Waals surface area contributed by atoms with Crippen LogP contribution in [0, 0.1) is 35.1 Å². The summed E-state index contributed by atoms with van der Waals surface area (Å²) in [6, 6.07) is 26.5. The van der Waals surface area contributed by atoms with E-state index >= 15 is 0 Å². The fourth-order valence-electron chi connectivity index (χ4n) is 4.79. The summed E-state index contributed by atoms with van der Waals surface area (Å²) in [7, 11) is -1.82. The van der Waals surface area contributed by atoms with E-state index in [1.807, 2.05) is 60.7 Å². The molecule has 0 amide bonds. The van der Waals surface area contributed by atoms with Crippen LogP contribution in [0.15, 0.2) is 78.9 Å². The van der Waals surface area contributed by atoms with Crippen molar-refractivity contribution in [3.63, 3.8) is 0 Å². The molecule has 0 bridgehead atoms. The number of hydrogen-bond acceptors (Lipinski definition) is 0. The maximum absolute atomic E-state index is 3.84. The fraction of sp³-hybridized carbons (Fsp3) is 0.273. The smallest absolute Gasteiger partial charge is 0.125 e. The summed E-state index contributed by atoms with van der Waals surface area (Å²) in [6.45, 7) is 14.1. The molecular weight excluding hydrogens is 424 g/mol. The largest absolute Gasteiger partial charge is 0.146 e. The summed E-state index contributed by atoms with van der Waals surface area (Å²) < 4.78 is 0. The van der Waals surface area contributed by atoms with Crippen molar-refractivity contribution < 1.29 is 0 Å². The van der Waals surface area contributed by atoms with Crippen molar-refractivity contribution in [3.8, 4) is 35.1 Å². The van der Waals surface area contributed by atoms with Gasteiger partial charge in [0, 0.05) is 27.8 Å². The van der Waals surface area contributed by atoms with Crippen molar-refractivity contribution in [1.82, 2.24) is 0 Å². The minimum Gasteiger partial charge on any atom is -0.125 e. The van der Waals surface area contributed by atoms with Crippen LogP contribution in [0.2, 0.25) is 16.6 Å². The molecule has 34 heavy (non-hydrogen) atoms. The molecule has 0 atom stereocenters. The molecule has 1 heteroatoms. The van der Waals surface area contributed by atoms with Crippen LogP contribution in [0.4, 0.5) is 0 Å². The molecule has 3 aromatic carbocycles. The van der Waals surface area contributed by atoms with Gasteiger partial charge in [-0.05, 0) is 59.1 Å². The summed E-state index contributed by atoms with van der Waals surface area (Å²) in [5.74, 6) is 16.8. The van der Waals surface area contributed by atoms with Gasteiger partial charge < -0.3 is 0 Å². The Labute approximate surface area is 207 Å². The summed E-state index contributed by atoms with van der Waals surface area (Å²) in [5.41, 5.74) is 10.5. The molecule has 0 N–H and O–H groups in total. The average Bonchev–Trinajstić information content (AvgIpc) is 2.82. The van der Waals surface area contributed by atoms with Crippen LogP contribution in [0.1, 0.15) is 69.4 Å². The molecule has 0 heterocycles. The third-order valence-corrected chi connectivity index (χ3v) is 12.8. The second-order valence-electron chi connectivity index (χ2n) is 9.68. The zero-order valence-electron chi connectivity index (χ0n) is 21.2. The monoisotopic (exact) mass is 458 g/mol. The normalized spacial score (nSPS) is 10.7. The minimum absolute atomic E-state index is 0.596. The molecule has 0 radical (unpaired) electrons. The van der Waals surface area contributed by atoms with E-state index in [9.17, 15) is 0 Å². The Kier molecular flexibility index (Phi) is 8.60. The number of benzene rings is 3. The molecule has 0 saturated carbocycles. The predicted octanol–water partition coefficient (Wildman–Crippen LogP) is 8.06. The molecule has 0 fully saturated rings. The fourth-order valence-corrected chi connectivity index (χ4v) is 10.0. The molecule has 0 aliphatic rings. The van der Waals surface area contributed by atoms with Gasteiger partial charge in [-0.25, -0.2) is 0 Å². The van der Waals surface area contributed by atoms with Gasteiger partial charge in [-0.2, -0.15) is 0 Å². The van der Waals surface area contributed by atoms with Gasteiger partial charge in [0.2, 0.25) is 0 Å². The molecule has 0 saturated heterocycles. The quantitative estimate of drug-likeness (QED) is 0.275. The Morgan fingerprint density at radius 1 is 0.441 bits per heavy atom. The summed E-state index contributed by atoms with van der Waals surface area (Å²) in [6.07, 6.45) is 0. The van der Waals surface area contributed by atoms with Crippen molar-refractivity contribution in [3.05, 3.63) is 107 Å². The number of hydrogen-bond donors (Lipinski definition) is 0. The van der Waals surface area contributed by atoms with Gasteiger partial charge >= 0.3 is 0 Å². The van der Waals surface area contributed by atoms with Gasteiger partial charge in [0.15, 0.2) is 0 Å². The second-order valence-corrected chi connectivity index (χ2v) is 15.3. The van der Waals surface area contributed by atoms with Gasteiger partial charge in [-0.1, -0.05) is 108 Å². The van der Waals surface area contributed by atoms with E-state index in [0.29, 0.717) is 16.6 Å². The highest BCUT2D eigenvalue weighted by Crippen LogP contribution is 2.40. The zero-order chi connectivity index (χ0) is 24.6. The van der Waals surface area contributed by atoms with Crippen LogP contribution in [0.5, 0.6) is 0 Å². The van der Waals surface area contributed by atoms with E-state index < -0.39 is 8.07 Å². The lowest BCUT2D eigenvalue weighted by atomic mass is 10.1. The van der Waals surface area contributed by atoms with Crippen LogP contribution in [-0.4, -0.2) is 8.07 Å². The summed E-state index contributed by atoms with van der Waals surface area (Å²) in [4.78, 5) is 0. The molecular formula is C33H34Si. The first-order valence-corrected chi connectivity index (χ1v) is 14.4. The third-order valence-electron chi connectivity index (χ3n) is 6.47. The van der Waals surface area contributed by atoms with Crippen LogP contribution >= 0.6 is 0 Å². The van der Waals surface area contributed by atoms with Gasteiger partial charge in [0.25, 0.3) is 0 Å². The molecule has 3 aromatic rings. The Morgan fingerprint density at radius 2 is 0.765 bits per heavy atom. The van der Waals surface area contributed by atoms with Crippen LogP contribution in [0.3, 0.4) is 0 Å². The van der Waals surface area contributed by atoms with Crippen LogP contribution in [0.25, 0.3) is 0 Å². The van der Waals surface area contributed by atoms with Crippen molar-refractivity contribution in [1.29, 1.82) is 0 Å². The Hall–Kier alpha value is -3.44. The van der Waals surface area contributed by atoms with Crippen molar-refractivity contribution in [2.75, 3.05) is 0 Å². The van der Waals surface area contributed by atoms with Crippen molar-refractivity contribution >= 4 is 8.07 Å². The molecule has 0 nitrogen and oxygen atoms in total. The molecule has 3 rings (SSSR count). The van der Waals surface area contributed by atoms with Crippen LogP contribution in [-0.2, 0) is 0 Å². The van der Waals surface area contributed by atoms with Crippen LogP contribution < -0.4 is 0 Å². The van der Waals surface area contributed by atoms with Crippen molar-refractivity contribution in [2.24, 2.45) is 0 Å². The van der Waals surface area contributed by atoms with E-state index in [-0.39, 0.29) is 0 Å². The molecule has 0 spiro atoms. The predicted molar refractivity (Wildman–Crippen MR) is 149 cm³/mol. The standard InChI is InChI=1S/C33H34Si/c1-26(2)34(27(3)4,28(5)6)22-21-33-24-31(19-17-29-13-9-7-10-14-29)23-32(25-33)20-18-30-15-11-8-12-16-30/h7-16,23-28H,1-6H3. The van der Waals surface area contributed by atoms with Gasteiger partial charge in [0.1, 0.15) is 8.07 Å². The lowest BCUT2D eigenvalue weighted by molar-refractivity contribution is 0.838. The van der Waals surface area contributed by atoms with Gasteiger partial charge in [-0.3, -0.25) is 0 Å². The minimum atomic E-state index is -1.82.